The molecule has 0 bridgehead atoms. The maximum Gasteiger partial charge on any atom is 0.357 e. The number of hydrogen-bond acceptors (Lipinski definition) is 7. The van der Waals surface area contributed by atoms with Crippen LogP contribution in [-0.2, 0) is 0 Å². The number of aromatic nitrogens is 3. The van der Waals surface area contributed by atoms with Gasteiger partial charge in [-0.1, -0.05) is 0 Å². The maximum atomic E-state index is 12.2. The molecule has 108 valence electrons. The van der Waals surface area contributed by atoms with Crippen LogP contribution in [0, 0.1) is 6.92 Å². The zero-order valence-electron chi connectivity index (χ0n) is 11.4. The van der Waals surface area contributed by atoms with E-state index in [4.69, 9.17) is 4.42 Å². The van der Waals surface area contributed by atoms with Crippen molar-refractivity contribution in [2.45, 2.75) is 6.92 Å². The van der Waals surface area contributed by atoms with Crippen LogP contribution in [0.2, 0.25) is 0 Å². The van der Waals surface area contributed by atoms with Crippen molar-refractivity contribution >= 4 is 31.9 Å². The summed E-state index contributed by atoms with van der Waals surface area (Å²) in [7, 11) is 0. The predicted octanol–water partition coefficient (Wildman–Crippen LogP) is 2.87. The van der Waals surface area contributed by atoms with Crippen LogP contribution in [0.1, 0.15) is 5.56 Å². The van der Waals surface area contributed by atoms with Crippen LogP contribution in [-0.4, -0.2) is 20.1 Å². The van der Waals surface area contributed by atoms with Crippen molar-refractivity contribution in [2.75, 3.05) is 0 Å². The third-order valence-corrected chi connectivity index (χ3v) is 4.39. The largest absolute Gasteiger partial charge is 0.508 e. The quantitative estimate of drug-likeness (QED) is 0.581. The molecule has 0 spiro atoms. The van der Waals surface area contributed by atoms with Crippen molar-refractivity contribution in [1.29, 1.82) is 0 Å². The molecule has 22 heavy (non-hydrogen) atoms. The number of nitrogens with zero attached hydrogens (tertiary/aromatic N) is 3. The second-order valence-electron chi connectivity index (χ2n) is 4.80. The molecule has 0 amide bonds. The summed E-state index contributed by atoms with van der Waals surface area (Å²) in [4.78, 5) is 25.7. The summed E-state index contributed by atoms with van der Waals surface area (Å²) in [6.07, 6.45) is 3.14. The minimum Gasteiger partial charge on any atom is -0.508 e. The molecule has 0 saturated carbocycles. The maximum absolute atomic E-state index is 12.2. The average Bonchev–Trinajstić information content (AvgIpc) is 2.89. The van der Waals surface area contributed by atoms with Gasteiger partial charge in [0.2, 0.25) is 5.89 Å². The number of benzene rings is 1. The standard InChI is InChI=1S/C15H9N3O3S/c1-7-6-8(2-3-9(7)19)13-18-10-11-14(17-5-4-16-11)22-12(10)15(20)21-13/h2-6,19H,1H3. The lowest BCUT2D eigenvalue weighted by atomic mass is 10.1. The number of phenolic OH excluding ortho intramolecular Hbond substituents is 1. The molecule has 0 unspecified atom stereocenters. The molecule has 1 N–H and O–H groups in total. The number of fused-ring (bicyclic) bond motifs is 3. The van der Waals surface area contributed by atoms with Gasteiger partial charge in [-0.25, -0.2) is 19.7 Å². The fourth-order valence-corrected chi connectivity index (χ4v) is 3.14. The lowest BCUT2D eigenvalue weighted by molar-refractivity contribution is 0.471. The van der Waals surface area contributed by atoms with Gasteiger partial charge in [-0.2, -0.15) is 0 Å². The molecule has 3 aromatic heterocycles. The fourth-order valence-electron chi connectivity index (χ4n) is 2.23. The van der Waals surface area contributed by atoms with E-state index in [1.807, 2.05) is 0 Å². The molecule has 0 aliphatic carbocycles. The zero-order valence-corrected chi connectivity index (χ0v) is 12.2. The van der Waals surface area contributed by atoms with Crippen molar-refractivity contribution in [3.8, 4) is 17.2 Å². The number of aryl methyl sites for hydroxylation is 1. The van der Waals surface area contributed by atoms with Gasteiger partial charge in [0.25, 0.3) is 0 Å². The van der Waals surface area contributed by atoms with E-state index in [2.05, 4.69) is 15.0 Å². The molecule has 6 nitrogen and oxygen atoms in total. The third kappa shape index (κ3) is 1.86. The lowest BCUT2D eigenvalue weighted by Gasteiger charge is -2.02. The van der Waals surface area contributed by atoms with Gasteiger partial charge in [-0.3, -0.25) is 0 Å². The van der Waals surface area contributed by atoms with E-state index < -0.39 is 5.63 Å². The van der Waals surface area contributed by atoms with Crippen LogP contribution >= 0.6 is 11.3 Å². The molecule has 3 heterocycles. The first-order valence-corrected chi connectivity index (χ1v) is 7.29. The SMILES string of the molecule is Cc1cc(-c2nc3c(sc4nccnc43)c(=O)o2)ccc1O. The Morgan fingerprint density at radius 2 is 2.00 bits per heavy atom. The highest BCUT2D eigenvalue weighted by atomic mass is 32.1. The van der Waals surface area contributed by atoms with Crippen molar-refractivity contribution in [3.05, 3.63) is 46.6 Å². The Bertz CT molecular complexity index is 1080. The molecular weight excluding hydrogens is 302 g/mol. The molecule has 0 fully saturated rings. The monoisotopic (exact) mass is 311 g/mol. The normalized spacial score (nSPS) is 11.3. The molecule has 4 rings (SSSR count). The van der Waals surface area contributed by atoms with E-state index in [-0.39, 0.29) is 11.6 Å². The number of hydrogen-bond donors (Lipinski definition) is 1. The Kier molecular flexibility index (Phi) is 2.70. The number of rotatable bonds is 1. The van der Waals surface area contributed by atoms with Crippen molar-refractivity contribution in [1.82, 2.24) is 15.0 Å². The van der Waals surface area contributed by atoms with Crippen LogP contribution < -0.4 is 5.63 Å². The van der Waals surface area contributed by atoms with E-state index in [9.17, 15) is 9.90 Å². The summed E-state index contributed by atoms with van der Waals surface area (Å²) < 4.78 is 5.71. The summed E-state index contributed by atoms with van der Waals surface area (Å²) in [6, 6.07) is 4.91. The van der Waals surface area contributed by atoms with Gasteiger partial charge in [0.1, 0.15) is 26.3 Å². The Balaban J connectivity index is 2.05. The molecule has 0 radical (unpaired) electrons. The molecule has 0 saturated heterocycles. The molecule has 1 aromatic carbocycles. The second kappa shape index (κ2) is 4.60. The molecular formula is C15H9N3O3S. The highest BCUT2D eigenvalue weighted by Gasteiger charge is 2.16. The van der Waals surface area contributed by atoms with E-state index in [1.54, 1.807) is 37.5 Å². The second-order valence-corrected chi connectivity index (χ2v) is 5.80. The Morgan fingerprint density at radius 3 is 2.82 bits per heavy atom. The van der Waals surface area contributed by atoms with E-state index >= 15 is 0 Å². The van der Waals surface area contributed by atoms with Crippen LogP contribution in [0.4, 0.5) is 0 Å². The minimum absolute atomic E-state index is 0.180. The van der Waals surface area contributed by atoms with Gasteiger partial charge < -0.3 is 9.52 Å². The molecule has 0 aliphatic rings. The zero-order chi connectivity index (χ0) is 15.3. The van der Waals surface area contributed by atoms with Crippen LogP contribution in [0.15, 0.2) is 39.8 Å². The first kappa shape index (κ1) is 12.9. The highest BCUT2D eigenvalue weighted by molar-refractivity contribution is 7.25. The first-order valence-electron chi connectivity index (χ1n) is 6.48. The van der Waals surface area contributed by atoms with Gasteiger partial charge in [-0.05, 0) is 30.7 Å². The van der Waals surface area contributed by atoms with Crippen molar-refractivity contribution in [2.24, 2.45) is 0 Å². The first-order chi connectivity index (χ1) is 10.6. The van der Waals surface area contributed by atoms with Crippen LogP contribution in [0.25, 0.3) is 32.0 Å². The van der Waals surface area contributed by atoms with Crippen LogP contribution in [0.5, 0.6) is 5.75 Å². The summed E-state index contributed by atoms with van der Waals surface area (Å²) in [5.41, 5.74) is 1.92. The summed E-state index contributed by atoms with van der Waals surface area (Å²) in [5.74, 6) is 0.380. The van der Waals surface area contributed by atoms with E-state index in [1.165, 1.54) is 11.3 Å². The summed E-state index contributed by atoms with van der Waals surface area (Å²) >= 11 is 1.22. The van der Waals surface area contributed by atoms with E-state index in [0.29, 0.717) is 31.7 Å². The molecule has 0 aliphatic heterocycles. The van der Waals surface area contributed by atoms with Crippen LogP contribution in [0.3, 0.4) is 0 Å². The number of aromatic hydroxyl groups is 1. The Hall–Kier alpha value is -2.80. The highest BCUT2D eigenvalue weighted by Crippen LogP contribution is 2.30. The van der Waals surface area contributed by atoms with Gasteiger partial charge >= 0.3 is 5.63 Å². The number of phenols is 1. The third-order valence-electron chi connectivity index (χ3n) is 3.33. The molecule has 7 heteroatoms. The lowest BCUT2D eigenvalue weighted by Crippen LogP contribution is -2.00. The van der Waals surface area contributed by atoms with E-state index in [0.717, 1.165) is 0 Å². The topological polar surface area (TPSA) is 89.1 Å². The Labute approximate surface area is 127 Å². The number of thiophene rings is 1. The summed E-state index contributed by atoms with van der Waals surface area (Å²) in [6.45, 7) is 1.76. The van der Waals surface area contributed by atoms with Gasteiger partial charge in [-0.15, -0.1) is 11.3 Å². The van der Waals surface area contributed by atoms with Crippen molar-refractivity contribution in [3.63, 3.8) is 0 Å². The average molecular weight is 311 g/mol. The van der Waals surface area contributed by atoms with Gasteiger partial charge in [0, 0.05) is 18.0 Å². The molecule has 4 aromatic rings. The predicted molar refractivity (Wildman–Crippen MR) is 83.1 cm³/mol. The minimum atomic E-state index is -0.462. The van der Waals surface area contributed by atoms with Gasteiger partial charge in [0.05, 0.1) is 0 Å². The smallest absolute Gasteiger partial charge is 0.357 e. The Morgan fingerprint density at radius 1 is 1.18 bits per heavy atom. The molecule has 0 atom stereocenters. The fraction of sp³-hybridized carbons (Fsp3) is 0.0667. The van der Waals surface area contributed by atoms with Gasteiger partial charge in [0.15, 0.2) is 0 Å². The summed E-state index contributed by atoms with van der Waals surface area (Å²) in [5, 5.41) is 9.60. The van der Waals surface area contributed by atoms with Crippen molar-refractivity contribution < 1.29 is 9.52 Å².